The summed E-state index contributed by atoms with van der Waals surface area (Å²) in [4.78, 5) is 0. The second-order valence-electron chi connectivity index (χ2n) is 3.08. The van der Waals surface area contributed by atoms with Crippen LogP contribution in [0.4, 0.5) is 0 Å². The SMILES string of the molecule is CC=CC(CC(C)O)=C(C)C. The molecule has 0 aromatic carbocycles. The van der Waals surface area contributed by atoms with Gasteiger partial charge in [0.25, 0.3) is 0 Å². The highest BCUT2D eigenvalue weighted by Crippen LogP contribution is 2.12. The van der Waals surface area contributed by atoms with Gasteiger partial charge in [-0.25, -0.2) is 0 Å². The van der Waals surface area contributed by atoms with Crippen molar-refractivity contribution in [3.05, 3.63) is 23.3 Å². The molecule has 0 aliphatic heterocycles. The third kappa shape index (κ3) is 4.79. The fourth-order valence-corrected chi connectivity index (χ4v) is 0.958. The molecule has 0 radical (unpaired) electrons. The molecule has 0 spiro atoms. The van der Waals surface area contributed by atoms with Gasteiger partial charge < -0.3 is 5.11 Å². The first-order valence-corrected chi connectivity index (χ1v) is 4.05. The van der Waals surface area contributed by atoms with Gasteiger partial charge in [0.1, 0.15) is 0 Å². The fraction of sp³-hybridized carbons (Fsp3) is 0.600. The summed E-state index contributed by atoms with van der Waals surface area (Å²) in [7, 11) is 0. The number of hydrogen-bond donors (Lipinski definition) is 1. The molecule has 0 heterocycles. The lowest BCUT2D eigenvalue weighted by molar-refractivity contribution is 0.196. The minimum Gasteiger partial charge on any atom is -0.393 e. The van der Waals surface area contributed by atoms with Crippen molar-refractivity contribution in [3.63, 3.8) is 0 Å². The maximum Gasteiger partial charge on any atom is 0.0552 e. The predicted molar refractivity (Wildman–Crippen MR) is 49.5 cm³/mol. The van der Waals surface area contributed by atoms with Crippen LogP contribution in [0.15, 0.2) is 23.3 Å². The van der Waals surface area contributed by atoms with Crippen molar-refractivity contribution in [2.75, 3.05) is 0 Å². The van der Waals surface area contributed by atoms with E-state index in [1.54, 1.807) is 0 Å². The van der Waals surface area contributed by atoms with E-state index in [-0.39, 0.29) is 6.10 Å². The van der Waals surface area contributed by atoms with E-state index >= 15 is 0 Å². The van der Waals surface area contributed by atoms with Gasteiger partial charge in [0.05, 0.1) is 6.10 Å². The quantitative estimate of drug-likeness (QED) is 0.620. The molecule has 11 heavy (non-hydrogen) atoms. The highest BCUT2D eigenvalue weighted by Gasteiger charge is 1.99. The molecule has 1 N–H and O–H groups in total. The van der Waals surface area contributed by atoms with E-state index in [2.05, 4.69) is 19.9 Å². The van der Waals surface area contributed by atoms with E-state index in [4.69, 9.17) is 5.11 Å². The van der Waals surface area contributed by atoms with E-state index in [1.165, 1.54) is 11.1 Å². The largest absolute Gasteiger partial charge is 0.393 e. The van der Waals surface area contributed by atoms with E-state index in [1.807, 2.05) is 19.9 Å². The van der Waals surface area contributed by atoms with Crippen LogP contribution < -0.4 is 0 Å². The van der Waals surface area contributed by atoms with Gasteiger partial charge >= 0.3 is 0 Å². The van der Waals surface area contributed by atoms with Crippen LogP contribution in [0.2, 0.25) is 0 Å². The molecule has 64 valence electrons. The van der Waals surface area contributed by atoms with Gasteiger partial charge in [0.15, 0.2) is 0 Å². The van der Waals surface area contributed by atoms with Gasteiger partial charge in [-0.1, -0.05) is 17.7 Å². The van der Waals surface area contributed by atoms with Gasteiger partial charge in [-0.15, -0.1) is 0 Å². The third-order valence-electron chi connectivity index (χ3n) is 1.53. The number of hydrogen-bond acceptors (Lipinski definition) is 1. The van der Waals surface area contributed by atoms with Crippen LogP contribution in [0.5, 0.6) is 0 Å². The molecular weight excluding hydrogens is 136 g/mol. The van der Waals surface area contributed by atoms with Gasteiger partial charge in [-0.3, -0.25) is 0 Å². The lowest BCUT2D eigenvalue weighted by Gasteiger charge is -2.06. The van der Waals surface area contributed by atoms with Crippen LogP contribution >= 0.6 is 0 Å². The van der Waals surface area contributed by atoms with E-state index in [9.17, 15) is 0 Å². The van der Waals surface area contributed by atoms with Gasteiger partial charge in [0, 0.05) is 0 Å². The topological polar surface area (TPSA) is 20.2 Å². The number of allylic oxidation sites excluding steroid dienone is 3. The molecule has 0 aromatic rings. The van der Waals surface area contributed by atoms with Crippen molar-refractivity contribution in [1.29, 1.82) is 0 Å². The monoisotopic (exact) mass is 154 g/mol. The molecule has 0 saturated carbocycles. The maximum absolute atomic E-state index is 9.13. The van der Waals surface area contributed by atoms with E-state index in [0.29, 0.717) is 0 Å². The average molecular weight is 154 g/mol. The minimum absolute atomic E-state index is 0.240. The lowest BCUT2D eigenvalue weighted by atomic mass is 10.0. The second kappa shape index (κ2) is 5.14. The normalized spacial score (nSPS) is 13.5. The first-order chi connectivity index (χ1) is 5.07. The number of rotatable bonds is 3. The second-order valence-corrected chi connectivity index (χ2v) is 3.08. The predicted octanol–water partition coefficient (Wildman–Crippen LogP) is 2.67. The highest BCUT2D eigenvalue weighted by molar-refractivity contribution is 5.23. The number of aliphatic hydroxyl groups is 1. The number of aliphatic hydroxyl groups excluding tert-OH is 1. The first-order valence-electron chi connectivity index (χ1n) is 4.05. The molecule has 0 amide bonds. The molecule has 0 bridgehead atoms. The Kier molecular flexibility index (Phi) is 4.88. The van der Waals surface area contributed by atoms with E-state index in [0.717, 1.165) is 6.42 Å². The van der Waals surface area contributed by atoms with Crippen LogP contribution in [-0.2, 0) is 0 Å². The van der Waals surface area contributed by atoms with Crippen LogP contribution in [0, 0.1) is 0 Å². The summed E-state index contributed by atoms with van der Waals surface area (Å²) < 4.78 is 0. The molecule has 1 atom stereocenters. The van der Waals surface area contributed by atoms with Crippen LogP contribution in [0.25, 0.3) is 0 Å². The van der Waals surface area contributed by atoms with Crippen molar-refractivity contribution in [3.8, 4) is 0 Å². The Morgan fingerprint density at radius 1 is 1.45 bits per heavy atom. The Morgan fingerprint density at radius 3 is 2.27 bits per heavy atom. The molecular formula is C10H18O. The van der Waals surface area contributed by atoms with Crippen molar-refractivity contribution >= 4 is 0 Å². The Bertz CT molecular complexity index is 160. The van der Waals surface area contributed by atoms with Crippen molar-refractivity contribution in [2.24, 2.45) is 0 Å². The molecule has 0 saturated heterocycles. The minimum atomic E-state index is -0.240. The highest BCUT2D eigenvalue weighted by atomic mass is 16.3. The van der Waals surface area contributed by atoms with Gasteiger partial charge in [-0.05, 0) is 39.7 Å². The van der Waals surface area contributed by atoms with Gasteiger partial charge in [-0.2, -0.15) is 0 Å². The standard InChI is InChI=1S/C10H18O/c1-5-6-10(8(2)3)7-9(4)11/h5-6,9,11H,7H2,1-4H3. The van der Waals surface area contributed by atoms with Crippen LogP contribution in [0.3, 0.4) is 0 Å². The van der Waals surface area contributed by atoms with Crippen molar-refractivity contribution in [2.45, 2.75) is 40.2 Å². The summed E-state index contributed by atoms with van der Waals surface area (Å²) in [5.74, 6) is 0. The third-order valence-corrected chi connectivity index (χ3v) is 1.53. The van der Waals surface area contributed by atoms with Crippen LogP contribution in [-0.4, -0.2) is 11.2 Å². The Labute approximate surface area is 69.4 Å². The molecule has 1 unspecified atom stereocenters. The fourth-order valence-electron chi connectivity index (χ4n) is 0.958. The molecule has 0 fully saturated rings. The smallest absolute Gasteiger partial charge is 0.0552 e. The first kappa shape index (κ1) is 10.4. The Balaban J connectivity index is 4.25. The molecule has 1 nitrogen and oxygen atoms in total. The summed E-state index contributed by atoms with van der Waals surface area (Å²) in [5, 5.41) is 9.13. The molecule has 0 rings (SSSR count). The Hall–Kier alpha value is -0.560. The summed E-state index contributed by atoms with van der Waals surface area (Å²) >= 11 is 0. The zero-order valence-electron chi connectivity index (χ0n) is 7.89. The molecule has 1 heteroatoms. The van der Waals surface area contributed by atoms with Crippen molar-refractivity contribution in [1.82, 2.24) is 0 Å². The van der Waals surface area contributed by atoms with Crippen molar-refractivity contribution < 1.29 is 5.11 Å². The van der Waals surface area contributed by atoms with Crippen LogP contribution in [0.1, 0.15) is 34.1 Å². The average Bonchev–Trinajstić information content (AvgIpc) is 1.86. The van der Waals surface area contributed by atoms with Gasteiger partial charge in [0.2, 0.25) is 0 Å². The summed E-state index contributed by atoms with van der Waals surface area (Å²) in [6, 6.07) is 0. The zero-order chi connectivity index (χ0) is 8.85. The summed E-state index contributed by atoms with van der Waals surface area (Å²) in [5.41, 5.74) is 2.52. The summed E-state index contributed by atoms with van der Waals surface area (Å²) in [6.07, 6.45) is 4.58. The summed E-state index contributed by atoms with van der Waals surface area (Å²) in [6.45, 7) is 7.94. The van der Waals surface area contributed by atoms with E-state index < -0.39 is 0 Å². The maximum atomic E-state index is 9.13. The Morgan fingerprint density at radius 2 is 2.00 bits per heavy atom. The molecule has 0 aliphatic rings. The molecule has 0 aliphatic carbocycles. The lowest BCUT2D eigenvalue weighted by Crippen LogP contribution is -2.00. The zero-order valence-corrected chi connectivity index (χ0v) is 7.89. The molecule has 0 aromatic heterocycles.